The molecule has 0 fully saturated rings. The lowest BCUT2D eigenvalue weighted by Gasteiger charge is -2.10. The minimum absolute atomic E-state index is 0.0759. The van der Waals surface area contributed by atoms with Crippen LogP contribution in [0.25, 0.3) is 0 Å². The Morgan fingerprint density at radius 1 is 0.971 bits per heavy atom. The Labute approximate surface area is 208 Å². The number of carbonyl (C=O) groups is 2. The van der Waals surface area contributed by atoms with Crippen LogP contribution < -0.4 is 15.5 Å². The van der Waals surface area contributed by atoms with E-state index in [1.54, 1.807) is 42.5 Å². The molecular formula is C24H18Cl2F3N3O3. The van der Waals surface area contributed by atoms with E-state index in [0.717, 1.165) is 23.8 Å². The van der Waals surface area contributed by atoms with E-state index in [2.05, 4.69) is 15.8 Å². The number of nitrogens with one attached hydrogen (secondary N) is 2. The summed E-state index contributed by atoms with van der Waals surface area (Å²) in [5.74, 6) is -1.07. The molecule has 0 aliphatic carbocycles. The highest BCUT2D eigenvalue weighted by molar-refractivity contribution is 6.35. The standard InChI is InChI=1S/C24H18Cl2F3N3O3/c25-18-9-8-16(20(26)11-18)14-35-21-7-2-1-4-15(21)13-30-32-23(34)12-22(33)31-19-6-3-5-17(10-19)24(27,28)29/h1-11,13H,12,14H2,(H,31,33)(H,32,34). The van der Waals surface area contributed by atoms with Gasteiger partial charge in [0.2, 0.25) is 11.8 Å². The maximum Gasteiger partial charge on any atom is 0.416 e. The zero-order chi connectivity index (χ0) is 25.4. The Morgan fingerprint density at radius 2 is 1.74 bits per heavy atom. The quantitative estimate of drug-likeness (QED) is 0.213. The van der Waals surface area contributed by atoms with Gasteiger partial charge in [-0.1, -0.05) is 47.5 Å². The van der Waals surface area contributed by atoms with Gasteiger partial charge in [-0.05, 0) is 42.5 Å². The molecule has 0 unspecified atom stereocenters. The Kier molecular flexibility index (Phi) is 8.73. The van der Waals surface area contributed by atoms with Crippen LogP contribution in [0.3, 0.4) is 0 Å². The Bertz CT molecular complexity index is 1250. The molecule has 2 N–H and O–H groups in total. The normalized spacial score (nSPS) is 11.3. The summed E-state index contributed by atoms with van der Waals surface area (Å²) in [6, 6.07) is 16.1. The number of rotatable bonds is 8. The molecule has 6 nitrogen and oxygen atoms in total. The molecule has 0 aliphatic heterocycles. The predicted molar refractivity (Wildman–Crippen MR) is 128 cm³/mol. The monoisotopic (exact) mass is 523 g/mol. The van der Waals surface area contributed by atoms with E-state index in [9.17, 15) is 22.8 Å². The number of hydrazone groups is 1. The van der Waals surface area contributed by atoms with Gasteiger partial charge in [0.25, 0.3) is 0 Å². The van der Waals surface area contributed by atoms with Crippen LogP contribution in [0.2, 0.25) is 10.0 Å². The highest BCUT2D eigenvalue weighted by Crippen LogP contribution is 2.30. The number of anilines is 1. The number of halogens is 5. The van der Waals surface area contributed by atoms with Crippen molar-refractivity contribution in [3.63, 3.8) is 0 Å². The van der Waals surface area contributed by atoms with Gasteiger partial charge in [0.15, 0.2) is 0 Å². The molecule has 0 spiro atoms. The number of alkyl halides is 3. The number of benzene rings is 3. The predicted octanol–water partition coefficient (Wildman–Crippen LogP) is 6.07. The van der Waals surface area contributed by atoms with Crippen molar-refractivity contribution < 1.29 is 27.5 Å². The SMILES string of the molecule is O=C(CC(=O)Nc1cccc(C(F)(F)F)c1)NN=Cc1ccccc1OCc1ccc(Cl)cc1Cl. The Balaban J connectivity index is 1.54. The second-order valence-electron chi connectivity index (χ2n) is 7.16. The third-order valence-corrected chi connectivity index (χ3v) is 5.09. The Morgan fingerprint density at radius 3 is 2.49 bits per heavy atom. The summed E-state index contributed by atoms with van der Waals surface area (Å²) in [7, 11) is 0. The van der Waals surface area contributed by atoms with E-state index in [4.69, 9.17) is 27.9 Å². The second kappa shape index (κ2) is 11.7. The molecule has 0 bridgehead atoms. The minimum Gasteiger partial charge on any atom is -0.488 e. The smallest absolute Gasteiger partial charge is 0.416 e. The van der Waals surface area contributed by atoms with Gasteiger partial charge >= 0.3 is 6.18 Å². The highest BCUT2D eigenvalue weighted by atomic mass is 35.5. The van der Waals surface area contributed by atoms with Crippen LogP contribution in [-0.2, 0) is 22.4 Å². The number of para-hydroxylation sites is 1. The molecule has 0 heterocycles. The lowest BCUT2D eigenvalue weighted by atomic mass is 10.2. The maximum absolute atomic E-state index is 12.8. The first kappa shape index (κ1) is 26.1. The summed E-state index contributed by atoms with van der Waals surface area (Å²) in [4.78, 5) is 24.0. The zero-order valence-electron chi connectivity index (χ0n) is 17.9. The van der Waals surface area contributed by atoms with Crippen LogP contribution in [-0.4, -0.2) is 18.0 Å². The molecule has 0 aliphatic rings. The van der Waals surface area contributed by atoms with Gasteiger partial charge in [-0.15, -0.1) is 0 Å². The number of ether oxygens (including phenoxy) is 1. The van der Waals surface area contributed by atoms with Gasteiger partial charge in [0.05, 0.1) is 11.8 Å². The van der Waals surface area contributed by atoms with Crippen molar-refractivity contribution in [3.8, 4) is 5.75 Å². The lowest BCUT2D eigenvalue weighted by Crippen LogP contribution is -2.24. The van der Waals surface area contributed by atoms with Crippen molar-refractivity contribution in [2.75, 3.05) is 5.32 Å². The fourth-order valence-corrected chi connectivity index (χ4v) is 3.31. The summed E-state index contributed by atoms with van der Waals surface area (Å²) in [5.41, 5.74) is 2.48. The van der Waals surface area contributed by atoms with Crippen molar-refractivity contribution in [2.24, 2.45) is 5.10 Å². The molecule has 2 amide bonds. The molecule has 35 heavy (non-hydrogen) atoms. The molecule has 0 saturated carbocycles. The van der Waals surface area contributed by atoms with Crippen molar-refractivity contribution in [2.45, 2.75) is 19.2 Å². The van der Waals surface area contributed by atoms with Gasteiger partial charge in [0.1, 0.15) is 18.8 Å². The second-order valence-corrected chi connectivity index (χ2v) is 8.00. The molecular weight excluding hydrogens is 506 g/mol. The molecule has 0 saturated heterocycles. The van der Waals surface area contributed by atoms with E-state index in [1.165, 1.54) is 12.3 Å². The van der Waals surface area contributed by atoms with Gasteiger partial charge < -0.3 is 10.1 Å². The van der Waals surface area contributed by atoms with Crippen LogP contribution in [0.15, 0.2) is 71.8 Å². The van der Waals surface area contributed by atoms with Crippen LogP contribution in [0.1, 0.15) is 23.1 Å². The van der Waals surface area contributed by atoms with E-state index in [1.807, 2.05) is 0 Å². The number of nitrogens with zero attached hydrogens (tertiary/aromatic N) is 1. The van der Waals surface area contributed by atoms with Crippen LogP contribution in [0.5, 0.6) is 5.75 Å². The molecule has 3 rings (SSSR count). The van der Waals surface area contributed by atoms with E-state index >= 15 is 0 Å². The van der Waals surface area contributed by atoms with Gasteiger partial charge in [-0.25, -0.2) is 5.43 Å². The summed E-state index contributed by atoms with van der Waals surface area (Å²) in [6.45, 7) is 0.170. The number of carbonyl (C=O) groups excluding carboxylic acids is 2. The lowest BCUT2D eigenvalue weighted by molar-refractivity contribution is -0.137. The molecule has 3 aromatic carbocycles. The highest BCUT2D eigenvalue weighted by Gasteiger charge is 2.30. The first-order valence-electron chi connectivity index (χ1n) is 10.1. The van der Waals surface area contributed by atoms with E-state index < -0.39 is 30.0 Å². The number of amides is 2. The topological polar surface area (TPSA) is 79.8 Å². The third-order valence-electron chi connectivity index (χ3n) is 4.50. The van der Waals surface area contributed by atoms with Crippen LogP contribution in [0.4, 0.5) is 18.9 Å². The van der Waals surface area contributed by atoms with Gasteiger partial charge in [-0.3, -0.25) is 9.59 Å². The fourth-order valence-electron chi connectivity index (χ4n) is 2.85. The summed E-state index contributed by atoms with van der Waals surface area (Å²) in [5, 5.41) is 7.03. The number of hydrogen-bond acceptors (Lipinski definition) is 4. The average Bonchev–Trinajstić information content (AvgIpc) is 2.79. The van der Waals surface area contributed by atoms with Crippen molar-refractivity contribution in [1.82, 2.24) is 5.43 Å². The maximum atomic E-state index is 12.8. The fraction of sp³-hybridized carbons (Fsp3) is 0.125. The summed E-state index contributed by atoms with van der Waals surface area (Å²) in [6.07, 6.45) is -3.85. The first-order valence-corrected chi connectivity index (χ1v) is 10.8. The average molecular weight is 524 g/mol. The first-order chi connectivity index (χ1) is 16.6. The van der Waals surface area contributed by atoms with Crippen molar-refractivity contribution >= 4 is 46.9 Å². The Hall–Kier alpha value is -3.56. The summed E-state index contributed by atoms with van der Waals surface area (Å²) >= 11 is 12.0. The largest absolute Gasteiger partial charge is 0.488 e. The molecule has 182 valence electrons. The zero-order valence-corrected chi connectivity index (χ0v) is 19.4. The van der Waals surface area contributed by atoms with E-state index in [-0.39, 0.29) is 12.3 Å². The van der Waals surface area contributed by atoms with Crippen molar-refractivity contribution in [3.05, 3.63) is 93.5 Å². The summed E-state index contributed by atoms with van der Waals surface area (Å²) < 4.78 is 44.1. The third kappa shape index (κ3) is 8.01. The molecule has 0 radical (unpaired) electrons. The molecule has 11 heteroatoms. The minimum atomic E-state index is -4.55. The van der Waals surface area contributed by atoms with Crippen LogP contribution in [0, 0.1) is 0 Å². The van der Waals surface area contributed by atoms with Crippen LogP contribution >= 0.6 is 23.2 Å². The molecule has 3 aromatic rings. The van der Waals surface area contributed by atoms with E-state index in [0.29, 0.717) is 21.4 Å². The molecule has 0 atom stereocenters. The van der Waals surface area contributed by atoms with Gasteiger partial charge in [0, 0.05) is 26.9 Å². The van der Waals surface area contributed by atoms with Crippen molar-refractivity contribution in [1.29, 1.82) is 0 Å². The van der Waals surface area contributed by atoms with Gasteiger partial charge in [-0.2, -0.15) is 18.3 Å². The molecule has 0 aromatic heterocycles. The number of hydrogen-bond donors (Lipinski definition) is 2.